The van der Waals surface area contributed by atoms with Crippen molar-refractivity contribution in [1.82, 2.24) is 4.31 Å². The van der Waals surface area contributed by atoms with E-state index in [0.29, 0.717) is 5.69 Å². The molecule has 0 saturated carbocycles. The monoisotopic (exact) mass is 383 g/mol. The molecule has 2 aromatic rings. The molecule has 0 spiro atoms. The van der Waals surface area contributed by atoms with Crippen LogP contribution in [0.4, 0.5) is 11.4 Å². The molecule has 0 radical (unpaired) electrons. The van der Waals surface area contributed by atoms with Gasteiger partial charge in [0.05, 0.1) is 10.5 Å². The summed E-state index contributed by atoms with van der Waals surface area (Å²) in [6, 6.07) is 6.37. The summed E-state index contributed by atoms with van der Waals surface area (Å²) in [7, 11) is 0.548. The highest BCUT2D eigenvalue weighted by atomic mass is 32.2. The molecule has 140 valence electrons. The number of hydrogen-bond acceptors (Lipinski definition) is 8. The number of sulfonamides is 1. The van der Waals surface area contributed by atoms with Gasteiger partial charge in [-0.1, -0.05) is 0 Å². The molecule has 1 aromatic heterocycles. The van der Waals surface area contributed by atoms with Gasteiger partial charge in [0, 0.05) is 39.0 Å². The minimum Gasteiger partial charge on any atom is -0.454 e. The average molecular weight is 383 g/mol. The van der Waals surface area contributed by atoms with Crippen LogP contribution in [0, 0.1) is 10.1 Å². The molecular weight excluding hydrogens is 366 g/mol. The molecule has 0 bridgehead atoms. The fourth-order valence-electron chi connectivity index (χ4n) is 2.00. The smallest absolute Gasteiger partial charge is 0.340 e. The number of anilines is 1. The minimum absolute atomic E-state index is 0.0191. The first kappa shape index (κ1) is 19.4. The molecule has 1 aromatic carbocycles. The van der Waals surface area contributed by atoms with Crippen LogP contribution in [-0.4, -0.2) is 44.8 Å². The Bertz CT molecular complexity index is 934. The Balaban J connectivity index is 2.16. The molecular formula is C15H17N3O7S. The first-order valence-electron chi connectivity index (χ1n) is 7.31. The normalized spacial score (nSPS) is 11.4. The Morgan fingerprint density at radius 2 is 2.00 bits per heavy atom. The van der Waals surface area contributed by atoms with Gasteiger partial charge in [-0.3, -0.25) is 10.1 Å². The van der Waals surface area contributed by atoms with Gasteiger partial charge >= 0.3 is 5.97 Å². The SMILES string of the molecule is CNc1ccc([N+](=O)[O-])cc1C(=O)OCc1ccc(S(=O)(=O)N(C)C)o1. The number of esters is 1. The van der Waals surface area contributed by atoms with Crippen LogP contribution < -0.4 is 5.32 Å². The number of benzene rings is 1. The minimum atomic E-state index is -3.73. The molecule has 0 amide bonds. The Kier molecular flexibility index (Phi) is 5.63. The summed E-state index contributed by atoms with van der Waals surface area (Å²) in [6.45, 7) is -0.326. The summed E-state index contributed by atoms with van der Waals surface area (Å²) in [6.07, 6.45) is 0. The number of nitrogens with one attached hydrogen (secondary N) is 1. The molecule has 1 N–H and O–H groups in total. The summed E-state index contributed by atoms with van der Waals surface area (Å²) in [5, 5.41) is 13.3. The molecule has 0 unspecified atom stereocenters. The highest BCUT2D eigenvalue weighted by molar-refractivity contribution is 7.88. The van der Waals surface area contributed by atoms with Gasteiger partial charge in [-0.05, 0) is 18.2 Å². The van der Waals surface area contributed by atoms with E-state index in [1.165, 1.54) is 38.4 Å². The number of nitrogens with zero attached hydrogens (tertiary/aromatic N) is 2. The van der Waals surface area contributed by atoms with E-state index in [1.54, 1.807) is 7.05 Å². The van der Waals surface area contributed by atoms with Gasteiger partial charge in [0.2, 0.25) is 5.09 Å². The van der Waals surface area contributed by atoms with Crippen LogP contribution in [0.25, 0.3) is 0 Å². The second-order valence-electron chi connectivity index (χ2n) is 5.32. The first-order valence-corrected chi connectivity index (χ1v) is 8.75. The van der Waals surface area contributed by atoms with Crippen molar-refractivity contribution < 1.29 is 27.3 Å². The summed E-state index contributed by atoms with van der Waals surface area (Å²) in [5.74, 6) is -0.693. The van der Waals surface area contributed by atoms with Crippen molar-refractivity contribution in [1.29, 1.82) is 0 Å². The van der Waals surface area contributed by atoms with Gasteiger partial charge in [0.15, 0.2) is 0 Å². The van der Waals surface area contributed by atoms with Crippen molar-refractivity contribution in [3.8, 4) is 0 Å². The standard InChI is InChI=1S/C15H17N3O7S/c1-16-13-6-4-10(18(20)21)8-12(13)15(19)24-9-11-5-7-14(25-11)26(22,23)17(2)3/h4-8,16H,9H2,1-3H3. The zero-order chi connectivity index (χ0) is 19.5. The molecule has 0 atom stereocenters. The number of carbonyl (C=O) groups excluding carboxylic acids is 1. The van der Waals surface area contributed by atoms with E-state index in [1.807, 2.05) is 0 Å². The Labute approximate surface area is 149 Å². The molecule has 0 aliphatic rings. The highest BCUT2D eigenvalue weighted by Gasteiger charge is 2.22. The topological polar surface area (TPSA) is 132 Å². The highest BCUT2D eigenvalue weighted by Crippen LogP contribution is 2.23. The van der Waals surface area contributed by atoms with Crippen LogP contribution in [-0.2, 0) is 21.4 Å². The number of carbonyl (C=O) groups is 1. The Morgan fingerprint density at radius 1 is 1.31 bits per heavy atom. The van der Waals surface area contributed by atoms with Gasteiger partial charge in [-0.2, -0.15) is 0 Å². The largest absolute Gasteiger partial charge is 0.454 e. The second-order valence-corrected chi connectivity index (χ2v) is 7.40. The van der Waals surface area contributed by atoms with Crippen LogP contribution in [0.1, 0.15) is 16.1 Å². The molecule has 11 heteroatoms. The predicted octanol–water partition coefficient (Wildman–Crippen LogP) is 1.84. The second kappa shape index (κ2) is 7.54. The number of nitro benzene ring substituents is 1. The van der Waals surface area contributed by atoms with Crippen LogP contribution in [0.5, 0.6) is 0 Å². The lowest BCUT2D eigenvalue weighted by molar-refractivity contribution is -0.384. The van der Waals surface area contributed by atoms with Crippen LogP contribution >= 0.6 is 0 Å². The van der Waals surface area contributed by atoms with E-state index in [0.717, 1.165) is 10.4 Å². The maximum Gasteiger partial charge on any atom is 0.340 e. The van der Waals surface area contributed by atoms with Crippen molar-refractivity contribution in [3.63, 3.8) is 0 Å². The third-order valence-electron chi connectivity index (χ3n) is 3.42. The lowest BCUT2D eigenvalue weighted by Crippen LogP contribution is -2.21. The van der Waals surface area contributed by atoms with E-state index in [2.05, 4.69) is 5.32 Å². The van der Waals surface area contributed by atoms with Gasteiger partial charge in [-0.15, -0.1) is 0 Å². The molecule has 26 heavy (non-hydrogen) atoms. The molecule has 1 heterocycles. The number of nitro groups is 1. The quantitative estimate of drug-likeness (QED) is 0.435. The van der Waals surface area contributed by atoms with Gasteiger partial charge in [0.25, 0.3) is 15.7 Å². The van der Waals surface area contributed by atoms with Crippen molar-refractivity contribution >= 4 is 27.4 Å². The summed E-state index contributed by atoms with van der Waals surface area (Å²) in [4.78, 5) is 22.5. The number of non-ortho nitro benzene ring substituents is 1. The fraction of sp³-hybridized carbons (Fsp3) is 0.267. The lowest BCUT2D eigenvalue weighted by atomic mass is 10.1. The molecule has 2 rings (SSSR count). The van der Waals surface area contributed by atoms with Crippen LogP contribution in [0.3, 0.4) is 0 Å². The number of ether oxygens (including phenoxy) is 1. The predicted molar refractivity (Wildman–Crippen MR) is 91.3 cm³/mol. The summed E-state index contributed by atoms with van der Waals surface area (Å²) >= 11 is 0. The maximum absolute atomic E-state index is 12.2. The zero-order valence-electron chi connectivity index (χ0n) is 14.3. The third-order valence-corrected chi connectivity index (χ3v) is 5.11. The lowest BCUT2D eigenvalue weighted by Gasteiger charge is -2.09. The molecule has 0 fully saturated rings. The average Bonchev–Trinajstić information content (AvgIpc) is 3.08. The van der Waals surface area contributed by atoms with E-state index < -0.39 is 20.9 Å². The fourth-order valence-corrected chi connectivity index (χ4v) is 2.81. The first-order chi connectivity index (χ1) is 12.2. The van der Waals surface area contributed by atoms with Gasteiger partial charge in [-0.25, -0.2) is 17.5 Å². The van der Waals surface area contributed by atoms with Crippen molar-refractivity contribution in [3.05, 3.63) is 51.8 Å². The Hall–Kier alpha value is -2.92. The van der Waals surface area contributed by atoms with Crippen molar-refractivity contribution in [2.45, 2.75) is 11.7 Å². The Morgan fingerprint density at radius 3 is 2.58 bits per heavy atom. The van der Waals surface area contributed by atoms with E-state index >= 15 is 0 Å². The number of rotatable bonds is 7. The van der Waals surface area contributed by atoms with E-state index in [9.17, 15) is 23.3 Å². The number of hydrogen-bond donors (Lipinski definition) is 1. The van der Waals surface area contributed by atoms with Crippen molar-refractivity contribution in [2.75, 3.05) is 26.5 Å². The van der Waals surface area contributed by atoms with E-state index in [4.69, 9.17) is 9.15 Å². The van der Waals surface area contributed by atoms with Crippen molar-refractivity contribution in [2.24, 2.45) is 0 Å². The third kappa shape index (κ3) is 4.00. The van der Waals surface area contributed by atoms with Crippen LogP contribution in [0.2, 0.25) is 0 Å². The van der Waals surface area contributed by atoms with E-state index in [-0.39, 0.29) is 28.7 Å². The van der Waals surface area contributed by atoms with Gasteiger partial charge in [0.1, 0.15) is 12.4 Å². The van der Waals surface area contributed by atoms with Gasteiger partial charge < -0.3 is 14.5 Å². The summed E-state index contributed by atoms with van der Waals surface area (Å²) < 4.78 is 35.1. The zero-order valence-corrected chi connectivity index (χ0v) is 15.1. The van der Waals surface area contributed by atoms with Crippen LogP contribution in [0.15, 0.2) is 39.8 Å². The summed E-state index contributed by atoms with van der Waals surface area (Å²) in [5.41, 5.74) is 0.0821. The maximum atomic E-state index is 12.2. The molecule has 0 saturated heterocycles. The molecule has 0 aliphatic heterocycles. The molecule has 10 nitrogen and oxygen atoms in total. The molecule has 0 aliphatic carbocycles. The number of furan rings is 1.